The number of carbonyl (C=O) groups excluding carboxylic acids is 4. The average molecular weight is 1090 g/mol. The Morgan fingerprint density at radius 1 is 0.769 bits per heavy atom. The maximum atomic E-state index is 13.3. The van der Waals surface area contributed by atoms with Crippen LogP contribution in [0.5, 0.6) is 0 Å². The van der Waals surface area contributed by atoms with Crippen LogP contribution in [-0.4, -0.2) is 149 Å². The van der Waals surface area contributed by atoms with Crippen LogP contribution in [0.3, 0.4) is 0 Å². The molecule has 78 heavy (non-hydrogen) atoms. The number of cyclic esters (lactones) is 1. The molecule has 3 aliphatic heterocycles. The minimum Gasteiger partial charge on any atom is -0.481 e. The zero-order valence-corrected chi connectivity index (χ0v) is 45.2. The van der Waals surface area contributed by atoms with Crippen molar-refractivity contribution in [2.24, 2.45) is 29.4 Å². The van der Waals surface area contributed by atoms with Crippen molar-refractivity contribution in [2.75, 3.05) is 5.73 Å². The number of hydrogen-bond acceptors (Lipinski definition) is 18. The summed E-state index contributed by atoms with van der Waals surface area (Å²) in [6, 6.07) is 5.76. The quantitative estimate of drug-likeness (QED) is 0.0651. The van der Waals surface area contributed by atoms with Crippen LogP contribution >= 0.6 is 0 Å². The van der Waals surface area contributed by atoms with E-state index in [1.807, 2.05) is 45.1 Å². The first-order valence-electron chi connectivity index (χ1n) is 27.0. The molecule has 432 valence electrons. The first-order valence-corrected chi connectivity index (χ1v) is 27.0. The fraction of sp³-hybridized carbons (Fsp3) is 0.576. The topological polar surface area (TPSA) is 336 Å². The monoisotopic (exact) mass is 1090 g/mol. The number of allylic oxidation sites excluding steroid dienone is 12. The Hall–Kier alpha value is -5.29. The lowest BCUT2D eigenvalue weighted by Crippen LogP contribution is -2.56. The largest absolute Gasteiger partial charge is 0.481 e. The van der Waals surface area contributed by atoms with Crippen molar-refractivity contribution in [1.82, 2.24) is 0 Å². The van der Waals surface area contributed by atoms with Crippen molar-refractivity contribution in [3.8, 4) is 0 Å². The van der Waals surface area contributed by atoms with Crippen LogP contribution in [0.1, 0.15) is 122 Å². The summed E-state index contributed by atoms with van der Waals surface area (Å²) < 4.78 is 24.0. The molecule has 19 nitrogen and oxygen atoms in total. The predicted molar refractivity (Wildman–Crippen MR) is 291 cm³/mol. The highest BCUT2D eigenvalue weighted by Gasteiger charge is 2.50. The Labute approximate surface area is 457 Å². The number of esters is 1. The van der Waals surface area contributed by atoms with Gasteiger partial charge in [-0.1, -0.05) is 106 Å². The molecule has 2 fully saturated rings. The van der Waals surface area contributed by atoms with E-state index >= 15 is 0 Å². The first kappa shape index (κ1) is 65.2. The number of aliphatic hydroxyl groups is 7. The minimum absolute atomic E-state index is 0.0793. The molecule has 4 rings (SSSR count). The Bertz CT molecular complexity index is 2280. The molecule has 2 bridgehead atoms. The van der Waals surface area contributed by atoms with Crippen LogP contribution in [0.25, 0.3) is 0 Å². The molecule has 17 atom stereocenters. The maximum Gasteiger partial charge on any atom is 0.313 e. The molecular formula is C59H84N2O17. The van der Waals surface area contributed by atoms with Gasteiger partial charge in [0.2, 0.25) is 0 Å². The Morgan fingerprint density at radius 3 is 1.95 bits per heavy atom. The standard InChI is InChI=1S/C59H84N2O17/c1-36-18-15-13-11-9-7-5-6-8-10-12-14-16-21-47(76-54-32-48(61)56(71)39(4)75-54)31-52-55(58(72)73)51(69)35-59(74,78-52)34-46(66)29-45(65)28-44(64)27-42(62)19-17-20-43(63)30-53(70)77-57(36)38(3)26-37(2)49(67)33-50(68)40-22-24-41(60)25-23-40/h5-16,18,21-25,36-39,44-49,51-52,54-57,64-67,69,71,74H,17,19-20,26-35,60-61H2,1-4H3,(H,72,73)/b6-5+,9-7+,10-8+,13-11+,14-12+,18-15+,21-16+/t36?,37?,38?,39-,44?,45?,46?,47?,48-,49?,51?,52?,54+,55?,56-,57?,59?/m1/s1. The number of ketones is 3. The molecule has 1 aromatic rings. The highest BCUT2D eigenvalue weighted by Crippen LogP contribution is 2.38. The SMILES string of the molecule is CC1/C=C/C=C/C=C/C=C/C=C/C=C/C=C/C(O[C@H]2C[C@@H](N)[C@H](O)[C@@H](C)O2)CC2OC(O)(CC(O)CC(O)CC(O)CC(=O)CCCC(=O)CC(=O)OC1C(C)CC(C)C(O)CC(=O)c1ccc(N)cc1)CC(O)C2C(=O)O. The van der Waals surface area contributed by atoms with Gasteiger partial charge in [-0.25, -0.2) is 0 Å². The number of nitrogen functional groups attached to an aromatic ring is 1. The molecule has 19 heteroatoms. The van der Waals surface area contributed by atoms with Gasteiger partial charge in [0, 0.05) is 74.6 Å². The molecule has 3 aliphatic rings. The number of fused-ring (bicyclic) bond motifs is 2. The van der Waals surface area contributed by atoms with E-state index in [4.69, 9.17) is 30.4 Å². The van der Waals surface area contributed by atoms with E-state index in [2.05, 4.69) is 0 Å². The molecule has 12 N–H and O–H groups in total. The molecule has 2 saturated heterocycles. The van der Waals surface area contributed by atoms with Gasteiger partial charge in [0.25, 0.3) is 0 Å². The Balaban J connectivity index is 1.52. The third-order valence-electron chi connectivity index (χ3n) is 14.2. The molecular weight excluding hydrogens is 1010 g/mol. The number of carboxylic acids is 1. The van der Waals surface area contributed by atoms with Gasteiger partial charge in [-0.15, -0.1) is 0 Å². The fourth-order valence-electron chi connectivity index (χ4n) is 10.1. The number of carbonyl (C=O) groups is 5. The number of ether oxygens (including phenoxy) is 4. The lowest BCUT2D eigenvalue weighted by atomic mass is 9.82. The van der Waals surface area contributed by atoms with Gasteiger partial charge >= 0.3 is 11.9 Å². The molecule has 0 amide bonds. The summed E-state index contributed by atoms with van der Waals surface area (Å²) in [5.74, 6) is -8.10. The predicted octanol–water partition coefficient (Wildman–Crippen LogP) is 4.80. The van der Waals surface area contributed by atoms with E-state index < -0.39 is 134 Å². The van der Waals surface area contributed by atoms with Gasteiger partial charge in [0.05, 0.1) is 54.9 Å². The molecule has 0 saturated carbocycles. The second-order valence-electron chi connectivity index (χ2n) is 21.3. The lowest BCUT2D eigenvalue weighted by molar-refractivity contribution is -0.304. The van der Waals surface area contributed by atoms with Crippen molar-refractivity contribution in [3.05, 3.63) is 115 Å². The van der Waals surface area contributed by atoms with Gasteiger partial charge in [0.15, 0.2) is 17.9 Å². The summed E-state index contributed by atoms with van der Waals surface area (Å²) in [6.45, 7) is 7.19. The third-order valence-corrected chi connectivity index (χ3v) is 14.2. The summed E-state index contributed by atoms with van der Waals surface area (Å²) >= 11 is 0. The number of aliphatic hydroxyl groups excluding tert-OH is 6. The third kappa shape index (κ3) is 22.8. The normalized spacial score (nSPS) is 36.3. The van der Waals surface area contributed by atoms with E-state index in [-0.39, 0.29) is 74.9 Å². The zero-order chi connectivity index (χ0) is 57.5. The second kappa shape index (κ2) is 32.7. The van der Waals surface area contributed by atoms with Gasteiger partial charge in [0.1, 0.15) is 30.0 Å². The maximum absolute atomic E-state index is 13.3. The summed E-state index contributed by atoms with van der Waals surface area (Å²) in [5, 5.41) is 86.9. The van der Waals surface area contributed by atoms with Crippen LogP contribution in [0.4, 0.5) is 5.69 Å². The van der Waals surface area contributed by atoms with Gasteiger partial charge in [-0.3, -0.25) is 24.0 Å². The highest BCUT2D eigenvalue weighted by atomic mass is 16.7. The number of hydrogen-bond donors (Lipinski definition) is 10. The molecule has 3 heterocycles. The molecule has 13 unspecified atom stereocenters. The summed E-state index contributed by atoms with van der Waals surface area (Å²) in [5.41, 5.74) is 12.9. The van der Waals surface area contributed by atoms with Crippen molar-refractivity contribution in [1.29, 1.82) is 0 Å². The number of nitrogens with two attached hydrogens (primary N) is 2. The molecule has 1 aromatic carbocycles. The smallest absolute Gasteiger partial charge is 0.313 e. The van der Waals surface area contributed by atoms with Crippen LogP contribution in [0.15, 0.2) is 109 Å². The minimum atomic E-state index is -2.27. The van der Waals surface area contributed by atoms with Crippen molar-refractivity contribution in [3.63, 3.8) is 0 Å². The van der Waals surface area contributed by atoms with Gasteiger partial charge in [-0.2, -0.15) is 0 Å². The number of anilines is 1. The molecule has 0 aromatic heterocycles. The Morgan fingerprint density at radius 2 is 1.35 bits per heavy atom. The van der Waals surface area contributed by atoms with Crippen LogP contribution in [0, 0.1) is 23.7 Å². The number of rotatable bonds is 10. The summed E-state index contributed by atoms with van der Waals surface area (Å²) in [4.78, 5) is 64.6. The highest BCUT2D eigenvalue weighted by molar-refractivity contribution is 5.97. The van der Waals surface area contributed by atoms with Crippen LogP contribution < -0.4 is 11.5 Å². The Kier molecular flexibility index (Phi) is 27.3. The number of Topliss-reactive ketones (excluding diaryl/α,β-unsaturated/α-hetero) is 3. The first-order chi connectivity index (χ1) is 36.9. The molecule has 0 spiro atoms. The number of aliphatic carboxylic acids is 1. The second-order valence-corrected chi connectivity index (χ2v) is 21.3. The van der Waals surface area contributed by atoms with Crippen LogP contribution in [0.2, 0.25) is 0 Å². The zero-order valence-electron chi connectivity index (χ0n) is 45.2. The van der Waals surface area contributed by atoms with E-state index in [0.29, 0.717) is 17.7 Å². The van der Waals surface area contributed by atoms with E-state index in [1.165, 1.54) is 0 Å². The summed E-state index contributed by atoms with van der Waals surface area (Å²) in [6.07, 6.45) is 9.52. The van der Waals surface area contributed by atoms with E-state index in [0.717, 1.165) is 0 Å². The fourth-order valence-corrected chi connectivity index (χ4v) is 10.1. The lowest BCUT2D eigenvalue weighted by Gasteiger charge is -2.45. The summed E-state index contributed by atoms with van der Waals surface area (Å²) in [7, 11) is 0. The molecule has 0 radical (unpaired) electrons. The van der Waals surface area contributed by atoms with Gasteiger partial charge in [-0.05, 0) is 68.7 Å². The van der Waals surface area contributed by atoms with Crippen molar-refractivity contribution >= 4 is 35.0 Å². The average Bonchev–Trinajstić information content (AvgIpc) is 3.34. The number of benzene rings is 1. The van der Waals surface area contributed by atoms with Crippen molar-refractivity contribution < 1.29 is 83.8 Å². The van der Waals surface area contributed by atoms with Crippen molar-refractivity contribution in [2.45, 2.75) is 190 Å². The van der Waals surface area contributed by atoms with Gasteiger partial charge < -0.3 is 71.3 Å². The van der Waals surface area contributed by atoms with E-state index in [9.17, 15) is 64.8 Å². The van der Waals surface area contributed by atoms with E-state index in [1.54, 1.807) is 91.9 Å². The number of carboxylic acid groups (broad SMARTS) is 1. The van der Waals surface area contributed by atoms with Crippen LogP contribution in [-0.2, 0) is 38.1 Å². The molecule has 0 aliphatic carbocycles.